The third-order valence-electron chi connectivity index (χ3n) is 4.96. The molecular weight excluding hydrogens is 518 g/mol. The first kappa shape index (κ1) is 27.1. The second-order valence-corrected chi connectivity index (χ2v) is 9.81. The molecule has 0 aliphatic carbocycles. The number of anilines is 1. The number of hydrogen-bond donors (Lipinski definition) is 5. The lowest BCUT2D eigenvalue weighted by atomic mass is 9.98. The zero-order chi connectivity index (χ0) is 26.3. The number of hydrogen-bond acceptors (Lipinski definition) is 13. The van der Waals surface area contributed by atoms with Crippen LogP contribution in [-0.2, 0) is 40.4 Å². The number of nitrogens with two attached hydrogens (primary N) is 1. The number of nitrogen functional groups attached to an aromatic ring is 1. The van der Waals surface area contributed by atoms with Crippen LogP contribution in [0.1, 0.15) is 20.1 Å². The Bertz CT molecular complexity index is 1400. The molecule has 0 amide bonds. The number of fused-ring (bicyclic) bond motifs is 1. The van der Waals surface area contributed by atoms with E-state index >= 15 is 0 Å². The van der Waals surface area contributed by atoms with E-state index in [2.05, 4.69) is 18.3 Å². The summed E-state index contributed by atoms with van der Waals surface area (Å²) >= 11 is 0. The van der Waals surface area contributed by atoms with Crippen molar-refractivity contribution >= 4 is 37.8 Å². The summed E-state index contributed by atoms with van der Waals surface area (Å²) in [7, 11) is -10.5. The lowest BCUT2D eigenvalue weighted by Gasteiger charge is -2.42. The van der Waals surface area contributed by atoms with E-state index in [9.17, 15) is 36.4 Å². The van der Waals surface area contributed by atoms with Crippen molar-refractivity contribution in [2.24, 2.45) is 0 Å². The third-order valence-corrected chi connectivity index (χ3v) is 5.89. The lowest BCUT2D eigenvalue weighted by Crippen LogP contribution is -2.59. The Morgan fingerprint density at radius 2 is 1.80 bits per heavy atom. The van der Waals surface area contributed by atoms with Gasteiger partial charge in [0.25, 0.3) is 0 Å². The number of aliphatic hydroxyl groups excluding tert-OH is 2. The van der Waals surface area contributed by atoms with Crippen molar-refractivity contribution in [3.05, 3.63) is 28.5 Å². The van der Waals surface area contributed by atoms with Gasteiger partial charge in [0.05, 0.1) is 12.9 Å². The Morgan fingerprint density at radius 1 is 1.20 bits per heavy atom. The van der Waals surface area contributed by atoms with Gasteiger partial charge in [-0.2, -0.15) is 21.8 Å². The molecule has 1 aliphatic rings. The van der Waals surface area contributed by atoms with Gasteiger partial charge in [-0.1, -0.05) is 11.6 Å². The van der Waals surface area contributed by atoms with Crippen LogP contribution in [0, 0.1) is 0 Å². The Kier molecular flexibility index (Phi) is 7.64. The fourth-order valence-corrected chi connectivity index (χ4v) is 4.53. The minimum Gasteiger partial charge on any atom is -0.394 e. The molecule has 1 aliphatic heterocycles. The largest absolute Gasteiger partial charge is 0.397 e. The van der Waals surface area contributed by atoms with Crippen LogP contribution < -0.4 is 11.4 Å². The van der Waals surface area contributed by atoms with Crippen molar-refractivity contribution in [2.75, 3.05) is 12.3 Å². The van der Waals surface area contributed by atoms with Crippen molar-refractivity contribution < 1.29 is 49.3 Å². The van der Waals surface area contributed by atoms with Crippen LogP contribution in [0.25, 0.3) is 11.2 Å². The number of rotatable bonds is 8. The van der Waals surface area contributed by atoms with Gasteiger partial charge in [0.2, 0.25) is 0 Å². The summed E-state index contributed by atoms with van der Waals surface area (Å²) in [6, 6.07) is 0. The molecule has 0 radical (unpaired) electrons. The summed E-state index contributed by atoms with van der Waals surface area (Å²) < 4.78 is 80.1. The molecule has 3 heterocycles. The first-order valence-corrected chi connectivity index (χ1v) is 12.5. The summed E-state index contributed by atoms with van der Waals surface area (Å²) in [5.74, 6) is -0.364. The summed E-state index contributed by atoms with van der Waals surface area (Å²) in [5, 5.41) is 20.3. The Balaban J connectivity index is 2.19. The summed E-state index contributed by atoms with van der Waals surface area (Å²) in [6.07, 6.45) is -7.07. The molecule has 2 aromatic rings. The first-order chi connectivity index (χ1) is 16.1. The Labute approximate surface area is 198 Å². The molecule has 0 bridgehead atoms. The molecule has 19 heteroatoms. The van der Waals surface area contributed by atoms with Gasteiger partial charge in [-0.15, -0.1) is 0 Å². The Morgan fingerprint density at radius 3 is 2.34 bits per heavy atom. The monoisotopic (exact) mass is 541 g/mol. The highest BCUT2D eigenvalue weighted by molar-refractivity contribution is 7.81. The second kappa shape index (κ2) is 9.87. The molecule has 6 N–H and O–H groups in total. The summed E-state index contributed by atoms with van der Waals surface area (Å²) in [4.78, 5) is 20.2. The molecule has 3 rings (SSSR count). The average Bonchev–Trinajstić information content (AvgIpc) is 3.14. The van der Waals surface area contributed by atoms with Gasteiger partial charge < -0.3 is 20.7 Å². The maximum absolute atomic E-state index is 12.4. The normalized spacial score (nSPS) is 25.6. The van der Waals surface area contributed by atoms with Gasteiger partial charge >= 0.3 is 26.5 Å². The first-order valence-electron chi connectivity index (χ1n) is 9.75. The van der Waals surface area contributed by atoms with E-state index in [1.54, 1.807) is 19.9 Å². The van der Waals surface area contributed by atoms with E-state index in [-0.39, 0.29) is 23.5 Å². The van der Waals surface area contributed by atoms with Gasteiger partial charge in [-0.05, 0) is 13.8 Å². The number of nitrogens with zero attached hydrogens (tertiary/aromatic N) is 4. The van der Waals surface area contributed by atoms with Crippen LogP contribution in [-0.4, -0.2) is 86.3 Å². The van der Waals surface area contributed by atoms with Crippen molar-refractivity contribution in [1.29, 1.82) is 0 Å². The van der Waals surface area contributed by atoms with Crippen LogP contribution in [0.4, 0.5) is 5.82 Å². The van der Waals surface area contributed by atoms with Gasteiger partial charge in [0, 0.05) is 6.54 Å². The summed E-state index contributed by atoms with van der Waals surface area (Å²) in [5.41, 5.74) is 5.95. The van der Waals surface area contributed by atoms with Gasteiger partial charge in [0.1, 0.15) is 23.8 Å². The van der Waals surface area contributed by atoms with Crippen molar-refractivity contribution in [3.63, 3.8) is 0 Å². The predicted octanol–water partition coefficient (Wildman–Crippen LogP) is -2.23. The second-order valence-electron chi connectivity index (χ2n) is 7.71. The molecule has 0 spiro atoms. The summed E-state index contributed by atoms with van der Waals surface area (Å²) in [6.45, 7) is 2.66. The molecule has 0 saturated carbocycles. The average molecular weight is 542 g/mol. The van der Waals surface area contributed by atoms with E-state index in [1.165, 1.54) is 0 Å². The van der Waals surface area contributed by atoms with Gasteiger partial charge in [-0.25, -0.2) is 18.1 Å². The van der Waals surface area contributed by atoms with Crippen molar-refractivity contribution in [3.8, 4) is 0 Å². The number of allylic oxidation sites excluding steroid dienone is 2. The maximum Gasteiger partial charge on any atom is 0.397 e. The van der Waals surface area contributed by atoms with E-state index in [1.807, 2.05) is 0 Å². The van der Waals surface area contributed by atoms with E-state index in [0.717, 1.165) is 21.0 Å². The molecule has 17 nitrogen and oxygen atoms in total. The highest BCUT2D eigenvalue weighted by Crippen LogP contribution is 2.35. The molecule has 2 aromatic heterocycles. The highest BCUT2D eigenvalue weighted by Gasteiger charge is 2.51. The van der Waals surface area contributed by atoms with Crippen molar-refractivity contribution in [1.82, 2.24) is 19.1 Å². The molecule has 35 heavy (non-hydrogen) atoms. The van der Waals surface area contributed by atoms with Gasteiger partial charge in [-0.3, -0.25) is 18.2 Å². The standard InChI is InChI=1S/C16H23N5O12S2/c1-7(2)3-4-20-14-9(13(17)19-16(20)24)21(6-18-14)15-12(33-35(28,29)30)10(23)11(8(5-22)31-15)32-34(25,26)27/h3,6,8,10-12,15,22-23H,4-5H2,1-2H3,(H2,17,19,24)(H,25,26,27)(H,28,29,30)/t8-,10+,11-,12-,15-/m1/s1. The van der Waals surface area contributed by atoms with Crippen LogP contribution in [0.3, 0.4) is 0 Å². The molecule has 196 valence electrons. The van der Waals surface area contributed by atoms with E-state index in [0.29, 0.717) is 0 Å². The van der Waals surface area contributed by atoms with Crippen LogP contribution in [0.5, 0.6) is 0 Å². The molecule has 5 atom stereocenters. The molecule has 1 fully saturated rings. The predicted molar refractivity (Wildman–Crippen MR) is 115 cm³/mol. The topological polar surface area (TPSA) is 256 Å². The minimum atomic E-state index is -5.28. The number of aromatic nitrogens is 4. The van der Waals surface area contributed by atoms with Crippen molar-refractivity contribution in [2.45, 2.75) is 51.0 Å². The Hall–Kier alpha value is -2.49. The van der Waals surface area contributed by atoms with E-state index in [4.69, 9.17) is 15.0 Å². The van der Waals surface area contributed by atoms with E-state index < -0.39 is 63.7 Å². The number of imidazole rings is 1. The van der Waals surface area contributed by atoms with Gasteiger partial charge in [0.15, 0.2) is 23.8 Å². The van der Waals surface area contributed by atoms with Crippen LogP contribution >= 0.6 is 0 Å². The SMILES string of the molecule is CC(C)=CCn1c(=O)nc(N)c2c1ncn2[C@@H]1O[C@H](CO)[C@@H](OS(=O)(=O)O)[C@H](O)[C@H]1OS(=O)(=O)O. The van der Waals surface area contributed by atoms with Crippen LogP contribution in [0.15, 0.2) is 22.8 Å². The fourth-order valence-electron chi connectivity index (χ4n) is 3.52. The quantitative estimate of drug-likeness (QED) is 0.175. The number of ether oxygens (including phenoxy) is 1. The zero-order valence-corrected chi connectivity index (χ0v) is 19.8. The zero-order valence-electron chi connectivity index (χ0n) is 18.2. The smallest absolute Gasteiger partial charge is 0.394 e. The van der Waals surface area contributed by atoms with Crippen LogP contribution in [0.2, 0.25) is 0 Å². The third kappa shape index (κ3) is 6.02. The minimum absolute atomic E-state index is 0.0134. The molecule has 0 aromatic carbocycles. The molecule has 1 saturated heterocycles. The highest BCUT2D eigenvalue weighted by atomic mass is 32.3. The molecular formula is C16H23N5O12S2. The maximum atomic E-state index is 12.4. The number of aliphatic hydroxyl groups is 2. The fraction of sp³-hybridized carbons (Fsp3) is 0.562. The molecule has 0 unspecified atom stereocenters. The lowest BCUT2D eigenvalue weighted by molar-refractivity contribution is -0.238.